The summed E-state index contributed by atoms with van der Waals surface area (Å²) in [6, 6.07) is 13.0. The lowest BCUT2D eigenvalue weighted by molar-refractivity contribution is 0.0886. The van der Waals surface area contributed by atoms with Gasteiger partial charge in [-0.15, -0.1) is 0 Å². The SMILES string of the molecule is Cc1ccnc(C(=O)CC(=O)c2cccn2Cc2ccc(F)cc2)c1. The molecule has 1 aromatic carbocycles. The highest BCUT2D eigenvalue weighted by atomic mass is 19.1. The van der Waals surface area contributed by atoms with E-state index in [0.717, 1.165) is 11.1 Å². The number of pyridine rings is 1. The zero-order valence-corrected chi connectivity index (χ0v) is 13.8. The Hall–Kier alpha value is -3.08. The first-order chi connectivity index (χ1) is 12.0. The lowest BCUT2D eigenvalue weighted by Gasteiger charge is -2.09. The number of benzene rings is 1. The second-order valence-electron chi connectivity index (χ2n) is 5.89. The summed E-state index contributed by atoms with van der Waals surface area (Å²) in [5.41, 5.74) is 2.54. The van der Waals surface area contributed by atoms with Gasteiger partial charge in [-0.05, 0) is 54.4 Å². The van der Waals surface area contributed by atoms with Gasteiger partial charge in [0, 0.05) is 18.9 Å². The molecule has 0 atom stereocenters. The summed E-state index contributed by atoms with van der Waals surface area (Å²) in [4.78, 5) is 28.8. The third kappa shape index (κ3) is 4.07. The summed E-state index contributed by atoms with van der Waals surface area (Å²) in [6.45, 7) is 2.30. The van der Waals surface area contributed by atoms with E-state index in [1.807, 2.05) is 6.92 Å². The predicted molar refractivity (Wildman–Crippen MR) is 92.2 cm³/mol. The van der Waals surface area contributed by atoms with E-state index in [1.54, 1.807) is 53.4 Å². The zero-order valence-electron chi connectivity index (χ0n) is 13.8. The number of hydrogen-bond donors (Lipinski definition) is 0. The quantitative estimate of drug-likeness (QED) is 0.508. The highest BCUT2D eigenvalue weighted by Gasteiger charge is 2.17. The van der Waals surface area contributed by atoms with E-state index in [-0.39, 0.29) is 23.8 Å². The molecule has 0 saturated heterocycles. The fraction of sp³-hybridized carbons (Fsp3) is 0.150. The number of aromatic nitrogens is 2. The molecule has 3 rings (SSSR count). The lowest BCUT2D eigenvalue weighted by Crippen LogP contribution is -2.14. The van der Waals surface area contributed by atoms with Crippen molar-refractivity contribution in [2.75, 3.05) is 0 Å². The van der Waals surface area contributed by atoms with E-state index in [1.165, 1.54) is 12.1 Å². The Morgan fingerprint density at radius 1 is 1.08 bits per heavy atom. The van der Waals surface area contributed by atoms with Gasteiger partial charge in [-0.2, -0.15) is 0 Å². The van der Waals surface area contributed by atoms with E-state index in [0.29, 0.717) is 17.9 Å². The number of nitrogens with zero attached hydrogens (tertiary/aromatic N) is 2. The number of carbonyl (C=O) groups is 2. The zero-order chi connectivity index (χ0) is 17.8. The Kier molecular flexibility index (Phi) is 4.84. The van der Waals surface area contributed by atoms with E-state index in [9.17, 15) is 14.0 Å². The van der Waals surface area contributed by atoms with Gasteiger partial charge in [-0.25, -0.2) is 4.39 Å². The first-order valence-electron chi connectivity index (χ1n) is 7.91. The number of carbonyl (C=O) groups excluding carboxylic acids is 2. The van der Waals surface area contributed by atoms with E-state index in [2.05, 4.69) is 4.98 Å². The minimum atomic E-state index is -0.303. The molecule has 126 valence electrons. The molecule has 0 aliphatic carbocycles. The topological polar surface area (TPSA) is 52.0 Å². The van der Waals surface area contributed by atoms with Crippen LogP contribution in [-0.2, 0) is 6.54 Å². The second-order valence-corrected chi connectivity index (χ2v) is 5.89. The summed E-state index contributed by atoms with van der Waals surface area (Å²) in [5.74, 6) is -0.868. The maximum atomic E-state index is 13.0. The Bertz CT molecular complexity index is 913. The summed E-state index contributed by atoms with van der Waals surface area (Å²) in [5, 5.41) is 0. The molecule has 25 heavy (non-hydrogen) atoms. The Morgan fingerprint density at radius 3 is 2.56 bits per heavy atom. The van der Waals surface area contributed by atoms with Gasteiger partial charge in [-0.3, -0.25) is 14.6 Å². The van der Waals surface area contributed by atoms with Gasteiger partial charge in [0.05, 0.1) is 12.1 Å². The fourth-order valence-corrected chi connectivity index (χ4v) is 2.61. The first kappa shape index (κ1) is 16.8. The summed E-state index contributed by atoms with van der Waals surface area (Å²) in [6.07, 6.45) is 3.10. The van der Waals surface area contributed by atoms with Crippen molar-refractivity contribution in [3.8, 4) is 0 Å². The van der Waals surface area contributed by atoms with Crippen molar-refractivity contribution in [2.45, 2.75) is 19.9 Å². The van der Waals surface area contributed by atoms with Gasteiger partial charge < -0.3 is 4.57 Å². The molecule has 0 bridgehead atoms. The van der Waals surface area contributed by atoms with E-state index in [4.69, 9.17) is 0 Å². The van der Waals surface area contributed by atoms with Crippen LogP contribution in [0.5, 0.6) is 0 Å². The monoisotopic (exact) mass is 336 g/mol. The molecule has 0 fully saturated rings. The van der Waals surface area contributed by atoms with Crippen LogP contribution in [-0.4, -0.2) is 21.1 Å². The lowest BCUT2D eigenvalue weighted by atomic mass is 10.1. The van der Waals surface area contributed by atoms with Gasteiger partial charge in [-0.1, -0.05) is 12.1 Å². The predicted octanol–water partition coefficient (Wildman–Crippen LogP) is 3.83. The van der Waals surface area contributed by atoms with Crippen LogP contribution in [0, 0.1) is 12.7 Å². The molecule has 0 amide bonds. The molecular formula is C20H17FN2O2. The van der Waals surface area contributed by atoms with Crippen molar-refractivity contribution < 1.29 is 14.0 Å². The van der Waals surface area contributed by atoms with Gasteiger partial charge in [0.1, 0.15) is 11.5 Å². The molecule has 0 aliphatic rings. The number of halogens is 1. The van der Waals surface area contributed by atoms with Crippen LogP contribution >= 0.6 is 0 Å². The first-order valence-corrected chi connectivity index (χ1v) is 7.91. The standard InChI is InChI=1S/C20H17FN2O2/c1-14-8-9-22-17(11-14)19(24)12-20(25)18-3-2-10-23(18)13-15-4-6-16(21)7-5-15/h2-11H,12-13H2,1H3. The van der Waals surface area contributed by atoms with Crippen LogP contribution in [0.4, 0.5) is 4.39 Å². The minimum Gasteiger partial charge on any atom is -0.341 e. The van der Waals surface area contributed by atoms with Crippen molar-refractivity contribution in [3.05, 3.63) is 89.3 Å². The highest BCUT2D eigenvalue weighted by Crippen LogP contribution is 2.13. The highest BCUT2D eigenvalue weighted by molar-refractivity contribution is 6.12. The number of rotatable bonds is 6. The third-order valence-corrected chi connectivity index (χ3v) is 3.90. The fourth-order valence-electron chi connectivity index (χ4n) is 2.61. The van der Waals surface area contributed by atoms with Crippen LogP contribution in [0.3, 0.4) is 0 Å². The van der Waals surface area contributed by atoms with Crippen LogP contribution in [0.15, 0.2) is 60.9 Å². The maximum absolute atomic E-state index is 13.0. The summed E-state index contributed by atoms with van der Waals surface area (Å²) >= 11 is 0. The van der Waals surface area contributed by atoms with Gasteiger partial charge in [0.25, 0.3) is 0 Å². The Labute approximate surface area is 144 Å². The largest absolute Gasteiger partial charge is 0.341 e. The number of Topliss-reactive ketones (excluding diaryl/α,β-unsaturated/α-hetero) is 2. The minimum absolute atomic E-state index is 0.232. The van der Waals surface area contributed by atoms with Gasteiger partial charge in [0.15, 0.2) is 11.6 Å². The van der Waals surface area contributed by atoms with Crippen LogP contribution in [0.1, 0.15) is 38.5 Å². The molecule has 0 unspecified atom stereocenters. The van der Waals surface area contributed by atoms with E-state index < -0.39 is 0 Å². The maximum Gasteiger partial charge on any atom is 0.188 e. The van der Waals surface area contributed by atoms with Crippen molar-refractivity contribution >= 4 is 11.6 Å². The molecule has 2 aromatic heterocycles. The molecule has 2 heterocycles. The van der Waals surface area contributed by atoms with Crippen molar-refractivity contribution in [1.29, 1.82) is 0 Å². The molecule has 0 spiro atoms. The van der Waals surface area contributed by atoms with Crippen molar-refractivity contribution in [1.82, 2.24) is 9.55 Å². The van der Waals surface area contributed by atoms with Crippen molar-refractivity contribution in [2.24, 2.45) is 0 Å². The van der Waals surface area contributed by atoms with Crippen molar-refractivity contribution in [3.63, 3.8) is 0 Å². The van der Waals surface area contributed by atoms with Crippen LogP contribution < -0.4 is 0 Å². The molecule has 4 nitrogen and oxygen atoms in total. The number of hydrogen-bond acceptors (Lipinski definition) is 3. The number of aryl methyl sites for hydroxylation is 1. The third-order valence-electron chi connectivity index (χ3n) is 3.90. The molecule has 0 saturated carbocycles. The Morgan fingerprint density at radius 2 is 1.84 bits per heavy atom. The van der Waals surface area contributed by atoms with Gasteiger partial charge >= 0.3 is 0 Å². The molecule has 0 N–H and O–H groups in total. The number of ketones is 2. The molecule has 5 heteroatoms. The average molecular weight is 336 g/mol. The molecule has 0 aliphatic heterocycles. The average Bonchev–Trinajstić information content (AvgIpc) is 3.05. The normalized spacial score (nSPS) is 10.6. The molecule has 0 radical (unpaired) electrons. The Balaban J connectivity index is 1.74. The van der Waals surface area contributed by atoms with Gasteiger partial charge in [0.2, 0.25) is 0 Å². The van der Waals surface area contributed by atoms with Crippen LogP contribution in [0.2, 0.25) is 0 Å². The van der Waals surface area contributed by atoms with E-state index >= 15 is 0 Å². The summed E-state index contributed by atoms with van der Waals surface area (Å²) in [7, 11) is 0. The smallest absolute Gasteiger partial charge is 0.188 e. The molecular weight excluding hydrogens is 319 g/mol. The molecule has 3 aromatic rings. The second kappa shape index (κ2) is 7.21. The van der Waals surface area contributed by atoms with Crippen LogP contribution in [0.25, 0.3) is 0 Å². The summed E-state index contributed by atoms with van der Waals surface area (Å²) < 4.78 is 14.8.